The number of hydrogen-bond donors (Lipinski definition) is 2. The number of methoxy groups -OCH3 is 1. The molecule has 2 aromatic rings. The highest BCUT2D eigenvalue weighted by Crippen LogP contribution is 2.28. The lowest BCUT2D eigenvalue weighted by molar-refractivity contribution is 0.412. The predicted molar refractivity (Wildman–Crippen MR) is 78.1 cm³/mol. The highest BCUT2D eigenvalue weighted by molar-refractivity contribution is 9.10. The van der Waals surface area contributed by atoms with Crippen molar-refractivity contribution >= 4 is 31.6 Å². The number of nitrogens with two attached hydrogens (primary N) is 1. The summed E-state index contributed by atoms with van der Waals surface area (Å²) in [7, 11) is -2.24. The molecule has 0 atom stereocenters. The summed E-state index contributed by atoms with van der Waals surface area (Å²) in [6.07, 6.45) is 0. The molecule has 0 spiro atoms. The summed E-state index contributed by atoms with van der Waals surface area (Å²) in [5.74, 6) is 1.13. The number of nitrogens with one attached hydrogen (secondary N) is 1. The van der Waals surface area contributed by atoms with Crippen molar-refractivity contribution in [3.63, 3.8) is 0 Å². The van der Waals surface area contributed by atoms with Gasteiger partial charge < -0.3 is 14.5 Å². The zero-order valence-electron chi connectivity index (χ0n) is 10.6. The van der Waals surface area contributed by atoms with Gasteiger partial charge in [-0.2, -0.15) is 0 Å². The lowest BCUT2D eigenvalue weighted by Crippen LogP contribution is -2.10. The van der Waals surface area contributed by atoms with Crippen molar-refractivity contribution in [3.05, 3.63) is 40.6 Å². The fourth-order valence-electron chi connectivity index (χ4n) is 1.61. The molecule has 0 aliphatic carbocycles. The van der Waals surface area contributed by atoms with Gasteiger partial charge in [-0.3, -0.25) is 0 Å². The number of rotatable bonds is 5. The molecule has 0 amide bonds. The van der Waals surface area contributed by atoms with E-state index in [0.29, 0.717) is 18.1 Å². The van der Waals surface area contributed by atoms with Crippen molar-refractivity contribution in [1.29, 1.82) is 0 Å². The number of halogens is 1. The SMILES string of the molecule is COc1ccc(Br)cc1NCc1ccc(S(N)(=O)=O)o1. The highest BCUT2D eigenvalue weighted by atomic mass is 79.9. The Morgan fingerprint density at radius 3 is 2.70 bits per heavy atom. The van der Waals surface area contributed by atoms with Crippen LogP contribution in [-0.4, -0.2) is 15.5 Å². The summed E-state index contributed by atoms with van der Waals surface area (Å²) in [4.78, 5) is 0. The first kappa shape index (κ1) is 14.9. The summed E-state index contributed by atoms with van der Waals surface area (Å²) >= 11 is 3.37. The minimum atomic E-state index is -3.81. The number of benzene rings is 1. The van der Waals surface area contributed by atoms with Crippen molar-refractivity contribution < 1.29 is 17.6 Å². The van der Waals surface area contributed by atoms with Crippen LogP contribution >= 0.6 is 15.9 Å². The van der Waals surface area contributed by atoms with E-state index in [0.717, 1.165) is 10.2 Å². The molecule has 8 heteroatoms. The Hall–Kier alpha value is -1.51. The van der Waals surface area contributed by atoms with E-state index in [2.05, 4.69) is 21.2 Å². The molecule has 0 unspecified atom stereocenters. The first-order valence-electron chi connectivity index (χ1n) is 5.59. The lowest BCUT2D eigenvalue weighted by Gasteiger charge is -2.10. The van der Waals surface area contributed by atoms with Gasteiger partial charge in [0.15, 0.2) is 0 Å². The van der Waals surface area contributed by atoms with Gasteiger partial charge in [0.25, 0.3) is 10.0 Å². The van der Waals surface area contributed by atoms with E-state index in [-0.39, 0.29) is 5.09 Å². The minimum absolute atomic E-state index is 0.254. The fourth-order valence-corrected chi connectivity index (χ4v) is 2.45. The number of ether oxygens (including phenoxy) is 1. The molecule has 0 fully saturated rings. The molecule has 6 nitrogen and oxygen atoms in total. The molecule has 0 radical (unpaired) electrons. The number of hydrogen-bond acceptors (Lipinski definition) is 5. The first-order valence-corrected chi connectivity index (χ1v) is 7.93. The highest BCUT2D eigenvalue weighted by Gasteiger charge is 2.13. The fraction of sp³-hybridized carbons (Fsp3) is 0.167. The quantitative estimate of drug-likeness (QED) is 0.852. The molecule has 0 aliphatic rings. The van der Waals surface area contributed by atoms with Crippen LogP contribution in [-0.2, 0) is 16.6 Å². The van der Waals surface area contributed by atoms with Crippen LogP contribution in [0.1, 0.15) is 5.76 Å². The Morgan fingerprint density at radius 1 is 1.35 bits per heavy atom. The lowest BCUT2D eigenvalue weighted by atomic mass is 10.3. The zero-order valence-corrected chi connectivity index (χ0v) is 13.0. The van der Waals surface area contributed by atoms with Crippen molar-refractivity contribution in [2.75, 3.05) is 12.4 Å². The van der Waals surface area contributed by atoms with Crippen molar-refractivity contribution in [3.8, 4) is 5.75 Å². The molecule has 0 aliphatic heterocycles. The molecular formula is C12H13BrN2O4S. The predicted octanol–water partition coefficient (Wildman–Crippen LogP) is 2.31. The molecule has 0 bridgehead atoms. The van der Waals surface area contributed by atoms with Crippen LogP contribution in [0, 0.1) is 0 Å². The molecule has 3 N–H and O–H groups in total. The Kier molecular flexibility index (Phi) is 4.36. The van der Waals surface area contributed by atoms with Crippen molar-refractivity contribution in [2.24, 2.45) is 5.14 Å². The number of primary sulfonamides is 1. The summed E-state index contributed by atoms with van der Waals surface area (Å²) < 4.78 is 33.5. The van der Waals surface area contributed by atoms with Gasteiger partial charge in [0, 0.05) is 4.47 Å². The summed E-state index contributed by atoms with van der Waals surface area (Å²) in [5.41, 5.74) is 0.760. The van der Waals surface area contributed by atoms with Gasteiger partial charge in [-0.15, -0.1) is 0 Å². The third-order valence-corrected chi connectivity index (χ3v) is 3.81. The smallest absolute Gasteiger partial charge is 0.271 e. The Morgan fingerprint density at radius 2 is 2.10 bits per heavy atom. The Balaban J connectivity index is 2.13. The van der Waals surface area contributed by atoms with Crippen LogP contribution in [0.25, 0.3) is 0 Å². The van der Waals surface area contributed by atoms with E-state index in [1.165, 1.54) is 6.07 Å². The van der Waals surface area contributed by atoms with Crippen molar-refractivity contribution in [1.82, 2.24) is 0 Å². The topological polar surface area (TPSA) is 94.6 Å². The van der Waals surface area contributed by atoms with Gasteiger partial charge in [-0.1, -0.05) is 15.9 Å². The van der Waals surface area contributed by atoms with E-state index in [9.17, 15) is 8.42 Å². The Bertz CT molecular complexity index is 712. The molecular weight excluding hydrogens is 348 g/mol. The zero-order chi connectivity index (χ0) is 14.8. The number of sulfonamides is 1. The summed E-state index contributed by atoms with van der Waals surface area (Å²) in [5, 5.41) is 7.82. The number of anilines is 1. The normalized spacial score (nSPS) is 11.3. The largest absolute Gasteiger partial charge is 0.495 e. The second kappa shape index (κ2) is 5.86. The summed E-state index contributed by atoms with van der Waals surface area (Å²) in [6.45, 7) is 0.308. The molecule has 1 aromatic carbocycles. The molecule has 0 saturated carbocycles. The third kappa shape index (κ3) is 3.53. The van der Waals surface area contributed by atoms with Gasteiger partial charge in [-0.05, 0) is 30.3 Å². The van der Waals surface area contributed by atoms with E-state index in [1.54, 1.807) is 13.2 Å². The second-order valence-corrected chi connectivity index (χ2v) is 6.37. The summed E-state index contributed by atoms with van der Waals surface area (Å²) in [6, 6.07) is 8.39. The maximum Gasteiger partial charge on any atom is 0.271 e. The van der Waals surface area contributed by atoms with Crippen LogP contribution in [0.4, 0.5) is 5.69 Å². The molecule has 20 heavy (non-hydrogen) atoms. The van der Waals surface area contributed by atoms with E-state index < -0.39 is 10.0 Å². The van der Waals surface area contributed by atoms with Crippen LogP contribution in [0.5, 0.6) is 5.75 Å². The van der Waals surface area contributed by atoms with E-state index in [4.69, 9.17) is 14.3 Å². The van der Waals surface area contributed by atoms with Crippen LogP contribution in [0.3, 0.4) is 0 Å². The monoisotopic (exact) mass is 360 g/mol. The minimum Gasteiger partial charge on any atom is -0.495 e. The van der Waals surface area contributed by atoms with Gasteiger partial charge in [-0.25, -0.2) is 13.6 Å². The van der Waals surface area contributed by atoms with Gasteiger partial charge in [0.2, 0.25) is 5.09 Å². The van der Waals surface area contributed by atoms with Crippen LogP contribution in [0.2, 0.25) is 0 Å². The van der Waals surface area contributed by atoms with Gasteiger partial charge >= 0.3 is 0 Å². The van der Waals surface area contributed by atoms with Gasteiger partial charge in [0.05, 0.1) is 19.3 Å². The number of furan rings is 1. The van der Waals surface area contributed by atoms with E-state index >= 15 is 0 Å². The van der Waals surface area contributed by atoms with Crippen LogP contribution in [0.15, 0.2) is 44.3 Å². The molecule has 108 valence electrons. The molecule has 2 rings (SSSR count). The van der Waals surface area contributed by atoms with Gasteiger partial charge in [0.1, 0.15) is 11.5 Å². The maximum absolute atomic E-state index is 11.1. The molecule has 0 saturated heterocycles. The standard InChI is InChI=1S/C12H13BrN2O4S/c1-18-11-4-2-8(13)6-10(11)15-7-9-3-5-12(19-9)20(14,16)17/h2-6,15H,7H2,1H3,(H2,14,16,17). The molecule has 1 heterocycles. The molecule has 1 aromatic heterocycles. The third-order valence-electron chi connectivity index (χ3n) is 2.53. The first-order chi connectivity index (χ1) is 9.40. The van der Waals surface area contributed by atoms with Crippen molar-refractivity contribution in [2.45, 2.75) is 11.6 Å². The van der Waals surface area contributed by atoms with Crippen LogP contribution < -0.4 is 15.2 Å². The Labute approximate surface area is 125 Å². The maximum atomic E-state index is 11.1. The second-order valence-electron chi connectivity index (χ2n) is 3.96. The average molecular weight is 361 g/mol. The van der Waals surface area contributed by atoms with E-state index in [1.807, 2.05) is 18.2 Å². The average Bonchev–Trinajstić information content (AvgIpc) is 2.85.